The predicted molar refractivity (Wildman–Crippen MR) is 80.0 cm³/mol. The van der Waals surface area contributed by atoms with Crippen molar-refractivity contribution in [3.05, 3.63) is 39.9 Å². The Labute approximate surface area is 124 Å². The van der Waals surface area contributed by atoms with Crippen LogP contribution in [0.4, 0.5) is 9.52 Å². The Hall–Kier alpha value is -1.01. The molecule has 2 rings (SSSR count). The molecule has 1 heterocycles. The Morgan fingerprint density at radius 2 is 2.11 bits per heavy atom. The van der Waals surface area contributed by atoms with Crippen LogP contribution in [0.15, 0.2) is 22.7 Å². The molecule has 19 heavy (non-hydrogen) atoms. The Morgan fingerprint density at radius 3 is 2.74 bits per heavy atom. The Kier molecular flexibility index (Phi) is 4.20. The summed E-state index contributed by atoms with van der Waals surface area (Å²) in [5, 5.41) is 3.82. The van der Waals surface area contributed by atoms with Gasteiger partial charge in [0.2, 0.25) is 5.13 Å². The van der Waals surface area contributed by atoms with Crippen molar-refractivity contribution in [2.75, 3.05) is 5.32 Å². The molecule has 2 aromatic rings. The third kappa shape index (κ3) is 3.73. The molecule has 0 saturated carbocycles. The standard InChI is InChI=1S/C13H15BrFN3S/c1-13(2,3)11-17-12(19-18-11)16-7-8-6-9(14)4-5-10(8)15/h4-6H,7H2,1-3H3,(H,16,17,18). The fourth-order valence-corrected chi connectivity index (χ4v) is 2.61. The van der Waals surface area contributed by atoms with Crippen LogP contribution in [0.1, 0.15) is 32.2 Å². The molecule has 1 N–H and O–H groups in total. The fourth-order valence-electron chi connectivity index (χ4n) is 1.45. The van der Waals surface area contributed by atoms with E-state index in [0.717, 1.165) is 10.3 Å². The van der Waals surface area contributed by atoms with Crippen molar-refractivity contribution in [3.63, 3.8) is 0 Å². The maximum atomic E-state index is 13.6. The SMILES string of the molecule is CC(C)(C)c1nsc(NCc2cc(Br)ccc2F)n1. The molecule has 0 aliphatic rings. The van der Waals surface area contributed by atoms with Gasteiger partial charge < -0.3 is 5.32 Å². The van der Waals surface area contributed by atoms with E-state index in [-0.39, 0.29) is 11.2 Å². The highest BCUT2D eigenvalue weighted by Gasteiger charge is 2.19. The molecular weight excluding hydrogens is 329 g/mol. The van der Waals surface area contributed by atoms with Crippen molar-refractivity contribution in [2.45, 2.75) is 32.7 Å². The van der Waals surface area contributed by atoms with Gasteiger partial charge >= 0.3 is 0 Å². The number of benzene rings is 1. The Bertz CT molecular complexity index is 578. The minimum absolute atomic E-state index is 0.0720. The molecule has 0 bridgehead atoms. The maximum absolute atomic E-state index is 13.6. The number of nitrogens with one attached hydrogen (secondary N) is 1. The topological polar surface area (TPSA) is 37.8 Å². The highest BCUT2D eigenvalue weighted by atomic mass is 79.9. The smallest absolute Gasteiger partial charge is 0.202 e. The van der Waals surface area contributed by atoms with Gasteiger partial charge in [-0.05, 0) is 18.2 Å². The van der Waals surface area contributed by atoms with E-state index in [9.17, 15) is 4.39 Å². The summed E-state index contributed by atoms with van der Waals surface area (Å²) in [4.78, 5) is 4.41. The van der Waals surface area contributed by atoms with Crippen LogP contribution in [-0.4, -0.2) is 9.36 Å². The van der Waals surface area contributed by atoms with E-state index in [1.807, 2.05) is 0 Å². The van der Waals surface area contributed by atoms with E-state index in [4.69, 9.17) is 0 Å². The lowest BCUT2D eigenvalue weighted by atomic mass is 9.96. The Balaban J connectivity index is 2.06. The van der Waals surface area contributed by atoms with Gasteiger partial charge in [0, 0.05) is 33.5 Å². The van der Waals surface area contributed by atoms with E-state index >= 15 is 0 Å². The maximum Gasteiger partial charge on any atom is 0.202 e. The molecule has 0 fully saturated rings. The first kappa shape index (κ1) is 14.4. The Morgan fingerprint density at radius 1 is 1.37 bits per heavy atom. The zero-order valence-electron chi connectivity index (χ0n) is 11.0. The van der Waals surface area contributed by atoms with Gasteiger partial charge in [-0.15, -0.1) is 0 Å². The summed E-state index contributed by atoms with van der Waals surface area (Å²) in [6.07, 6.45) is 0. The zero-order valence-corrected chi connectivity index (χ0v) is 13.4. The number of halogens is 2. The minimum atomic E-state index is -0.226. The van der Waals surface area contributed by atoms with Gasteiger partial charge in [0.1, 0.15) is 11.6 Å². The number of rotatable bonds is 3. The van der Waals surface area contributed by atoms with Crippen molar-refractivity contribution < 1.29 is 4.39 Å². The van der Waals surface area contributed by atoms with Crippen LogP contribution < -0.4 is 5.32 Å². The molecule has 0 saturated heterocycles. The van der Waals surface area contributed by atoms with Crippen molar-refractivity contribution >= 4 is 32.6 Å². The summed E-state index contributed by atoms with van der Waals surface area (Å²) < 4.78 is 18.7. The second kappa shape index (κ2) is 5.54. The summed E-state index contributed by atoms with van der Waals surface area (Å²) in [5.41, 5.74) is 0.527. The van der Waals surface area contributed by atoms with E-state index in [1.165, 1.54) is 17.6 Å². The first-order valence-corrected chi connectivity index (χ1v) is 7.45. The molecule has 1 aromatic carbocycles. The summed E-state index contributed by atoms with van der Waals surface area (Å²) in [6.45, 7) is 6.58. The number of hydrogen-bond acceptors (Lipinski definition) is 4. The summed E-state index contributed by atoms with van der Waals surface area (Å²) in [6, 6.07) is 4.89. The van der Waals surface area contributed by atoms with Gasteiger partial charge in [-0.2, -0.15) is 4.37 Å². The molecular formula is C13H15BrFN3S. The molecule has 1 aromatic heterocycles. The molecule has 0 aliphatic carbocycles. The monoisotopic (exact) mass is 343 g/mol. The highest BCUT2D eigenvalue weighted by Crippen LogP contribution is 2.23. The molecule has 0 radical (unpaired) electrons. The van der Waals surface area contributed by atoms with Crippen molar-refractivity contribution in [2.24, 2.45) is 0 Å². The largest absolute Gasteiger partial charge is 0.356 e. The lowest BCUT2D eigenvalue weighted by molar-refractivity contribution is 0.555. The van der Waals surface area contributed by atoms with Gasteiger partial charge in [-0.25, -0.2) is 9.37 Å². The third-order valence-corrected chi connectivity index (χ3v) is 3.70. The van der Waals surface area contributed by atoms with Crippen LogP contribution in [-0.2, 0) is 12.0 Å². The molecule has 6 heteroatoms. The second-order valence-corrected chi connectivity index (χ2v) is 6.93. The van der Waals surface area contributed by atoms with Crippen molar-refractivity contribution in [3.8, 4) is 0 Å². The molecule has 102 valence electrons. The van der Waals surface area contributed by atoms with Gasteiger partial charge in [-0.1, -0.05) is 36.7 Å². The van der Waals surface area contributed by atoms with Crippen LogP contribution >= 0.6 is 27.5 Å². The number of aromatic nitrogens is 2. The molecule has 0 atom stereocenters. The summed E-state index contributed by atoms with van der Waals surface area (Å²) in [7, 11) is 0. The first-order valence-electron chi connectivity index (χ1n) is 5.88. The van der Waals surface area contributed by atoms with Crippen molar-refractivity contribution in [1.82, 2.24) is 9.36 Å². The molecule has 0 amide bonds. The fraction of sp³-hybridized carbons (Fsp3) is 0.385. The van der Waals surface area contributed by atoms with Crippen LogP contribution in [0, 0.1) is 5.82 Å². The molecule has 0 unspecified atom stereocenters. The van der Waals surface area contributed by atoms with Gasteiger partial charge in [0.05, 0.1) is 0 Å². The summed E-state index contributed by atoms with van der Waals surface area (Å²) in [5.74, 6) is 0.575. The van der Waals surface area contributed by atoms with E-state index in [1.54, 1.807) is 12.1 Å². The van der Waals surface area contributed by atoms with Crippen LogP contribution in [0.5, 0.6) is 0 Å². The normalized spacial score (nSPS) is 11.6. The first-order chi connectivity index (χ1) is 8.86. The van der Waals surface area contributed by atoms with E-state index in [0.29, 0.717) is 17.2 Å². The summed E-state index contributed by atoms with van der Waals surface area (Å²) >= 11 is 4.63. The van der Waals surface area contributed by atoms with Gasteiger partial charge in [-0.3, -0.25) is 0 Å². The van der Waals surface area contributed by atoms with Crippen LogP contribution in [0.25, 0.3) is 0 Å². The second-order valence-electron chi connectivity index (χ2n) is 5.26. The molecule has 0 aliphatic heterocycles. The van der Waals surface area contributed by atoms with Gasteiger partial charge in [0.25, 0.3) is 0 Å². The predicted octanol–water partition coefficient (Wildman–Crippen LogP) is 4.35. The third-order valence-electron chi connectivity index (χ3n) is 2.53. The highest BCUT2D eigenvalue weighted by molar-refractivity contribution is 9.10. The minimum Gasteiger partial charge on any atom is -0.356 e. The lowest BCUT2D eigenvalue weighted by Gasteiger charge is -2.12. The molecule has 3 nitrogen and oxygen atoms in total. The number of nitrogens with zero attached hydrogens (tertiary/aromatic N) is 2. The van der Waals surface area contributed by atoms with E-state index < -0.39 is 0 Å². The molecule has 0 spiro atoms. The lowest BCUT2D eigenvalue weighted by Crippen LogP contribution is -2.13. The average Bonchev–Trinajstić information content (AvgIpc) is 2.79. The van der Waals surface area contributed by atoms with Crippen molar-refractivity contribution in [1.29, 1.82) is 0 Å². The van der Waals surface area contributed by atoms with Gasteiger partial charge in [0.15, 0.2) is 0 Å². The van der Waals surface area contributed by atoms with Crippen LogP contribution in [0.2, 0.25) is 0 Å². The van der Waals surface area contributed by atoms with Crippen LogP contribution in [0.3, 0.4) is 0 Å². The zero-order chi connectivity index (χ0) is 14.0. The number of hydrogen-bond donors (Lipinski definition) is 1. The average molecular weight is 344 g/mol. The quantitative estimate of drug-likeness (QED) is 0.900. The number of anilines is 1. The van der Waals surface area contributed by atoms with E-state index in [2.05, 4.69) is 51.4 Å².